The van der Waals surface area contributed by atoms with E-state index in [1.165, 1.54) is 17.7 Å². The Hall–Kier alpha value is -0.840. The highest BCUT2D eigenvalue weighted by atomic mass is 19.1. The summed E-state index contributed by atoms with van der Waals surface area (Å²) in [5.41, 5.74) is 0. The number of urea groups is 1. The predicted molar refractivity (Wildman–Crippen MR) is 60.1 cm³/mol. The van der Waals surface area contributed by atoms with Gasteiger partial charge in [0, 0.05) is 6.54 Å². The van der Waals surface area contributed by atoms with Crippen LogP contribution >= 0.6 is 0 Å². The molecule has 0 aromatic rings. The molecule has 0 bridgehead atoms. The summed E-state index contributed by atoms with van der Waals surface area (Å²) in [4.78, 5) is 13.0. The molecule has 4 nitrogen and oxygen atoms in total. The number of halogens is 1. The van der Waals surface area contributed by atoms with Crippen LogP contribution in [0.15, 0.2) is 0 Å². The van der Waals surface area contributed by atoms with E-state index in [4.69, 9.17) is 0 Å². The summed E-state index contributed by atoms with van der Waals surface area (Å²) in [7, 11) is 0. The molecule has 2 aliphatic heterocycles. The van der Waals surface area contributed by atoms with Crippen molar-refractivity contribution in [1.82, 2.24) is 15.5 Å². The zero-order valence-corrected chi connectivity index (χ0v) is 9.54. The van der Waals surface area contributed by atoms with Gasteiger partial charge in [0.05, 0.1) is 13.1 Å². The SMILES string of the molecule is O=C(NCCC1CCCNC1)N1CC(F)C1. The quantitative estimate of drug-likeness (QED) is 0.749. The first kappa shape index (κ1) is 11.6. The molecule has 0 aliphatic carbocycles. The normalized spacial score (nSPS) is 26.3. The summed E-state index contributed by atoms with van der Waals surface area (Å²) >= 11 is 0. The molecular formula is C11H20FN3O. The zero-order valence-electron chi connectivity index (χ0n) is 9.54. The van der Waals surface area contributed by atoms with Gasteiger partial charge in [-0.2, -0.15) is 0 Å². The molecule has 2 fully saturated rings. The molecule has 2 rings (SSSR count). The number of piperidine rings is 1. The standard InChI is InChI=1S/C11H20FN3O/c12-10-7-15(8-10)11(16)14-5-3-9-2-1-4-13-6-9/h9-10,13H,1-8H2,(H,14,16). The second-order valence-corrected chi connectivity index (χ2v) is 4.74. The van der Waals surface area contributed by atoms with E-state index in [9.17, 15) is 9.18 Å². The van der Waals surface area contributed by atoms with Crippen LogP contribution in [0.4, 0.5) is 9.18 Å². The zero-order chi connectivity index (χ0) is 11.4. The van der Waals surface area contributed by atoms with E-state index in [2.05, 4.69) is 10.6 Å². The average Bonchev–Trinajstić information content (AvgIpc) is 2.26. The molecule has 2 heterocycles. The Balaban J connectivity index is 1.55. The Morgan fingerprint density at radius 1 is 1.50 bits per heavy atom. The summed E-state index contributed by atoms with van der Waals surface area (Å²) < 4.78 is 12.5. The highest BCUT2D eigenvalue weighted by Crippen LogP contribution is 2.14. The monoisotopic (exact) mass is 229 g/mol. The van der Waals surface area contributed by atoms with Crippen LogP contribution in [0.5, 0.6) is 0 Å². The third-order valence-corrected chi connectivity index (χ3v) is 3.35. The van der Waals surface area contributed by atoms with Gasteiger partial charge in [0.1, 0.15) is 6.17 Å². The van der Waals surface area contributed by atoms with Crippen molar-refractivity contribution in [2.45, 2.75) is 25.4 Å². The van der Waals surface area contributed by atoms with E-state index in [0.717, 1.165) is 19.5 Å². The maximum atomic E-state index is 12.5. The first-order valence-electron chi connectivity index (χ1n) is 6.13. The summed E-state index contributed by atoms with van der Waals surface area (Å²) in [6, 6.07) is -0.113. The Kier molecular flexibility index (Phi) is 3.98. The lowest BCUT2D eigenvalue weighted by Crippen LogP contribution is -2.55. The number of hydrogen-bond donors (Lipinski definition) is 2. The van der Waals surface area contributed by atoms with Crippen molar-refractivity contribution < 1.29 is 9.18 Å². The van der Waals surface area contributed by atoms with E-state index >= 15 is 0 Å². The van der Waals surface area contributed by atoms with E-state index in [1.807, 2.05) is 0 Å². The molecule has 5 heteroatoms. The van der Waals surface area contributed by atoms with Crippen LogP contribution in [-0.2, 0) is 0 Å². The molecule has 2 N–H and O–H groups in total. The minimum atomic E-state index is -0.812. The third-order valence-electron chi connectivity index (χ3n) is 3.35. The molecule has 2 amide bonds. The molecule has 0 saturated carbocycles. The van der Waals surface area contributed by atoms with E-state index in [1.54, 1.807) is 0 Å². The summed E-state index contributed by atoms with van der Waals surface area (Å²) in [5, 5.41) is 6.20. The van der Waals surface area contributed by atoms with Gasteiger partial charge in [-0.1, -0.05) is 0 Å². The van der Waals surface area contributed by atoms with Gasteiger partial charge < -0.3 is 15.5 Å². The molecular weight excluding hydrogens is 209 g/mol. The van der Waals surface area contributed by atoms with Crippen molar-refractivity contribution in [3.05, 3.63) is 0 Å². The maximum absolute atomic E-state index is 12.5. The number of amides is 2. The summed E-state index contributed by atoms with van der Waals surface area (Å²) in [6.07, 6.45) is 2.69. The van der Waals surface area contributed by atoms with Crippen LogP contribution in [-0.4, -0.2) is 49.8 Å². The lowest BCUT2D eigenvalue weighted by Gasteiger charge is -2.34. The third kappa shape index (κ3) is 3.07. The van der Waals surface area contributed by atoms with Gasteiger partial charge in [0.15, 0.2) is 0 Å². The number of carbonyl (C=O) groups excluding carboxylic acids is 1. The molecule has 2 saturated heterocycles. The van der Waals surface area contributed by atoms with Crippen molar-refractivity contribution in [2.75, 3.05) is 32.7 Å². The van der Waals surface area contributed by atoms with Crippen molar-refractivity contribution >= 4 is 6.03 Å². The van der Waals surface area contributed by atoms with Gasteiger partial charge in [0.2, 0.25) is 0 Å². The van der Waals surface area contributed by atoms with Gasteiger partial charge in [-0.25, -0.2) is 9.18 Å². The van der Waals surface area contributed by atoms with Crippen molar-refractivity contribution in [3.8, 4) is 0 Å². The Bertz CT molecular complexity index is 237. The minimum Gasteiger partial charge on any atom is -0.338 e. The Morgan fingerprint density at radius 3 is 2.94 bits per heavy atom. The van der Waals surface area contributed by atoms with Gasteiger partial charge >= 0.3 is 6.03 Å². The lowest BCUT2D eigenvalue weighted by atomic mass is 9.96. The second-order valence-electron chi connectivity index (χ2n) is 4.74. The van der Waals surface area contributed by atoms with Crippen LogP contribution in [0.2, 0.25) is 0 Å². The summed E-state index contributed by atoms with van der Waals surface area (Å²) in [5.74, 6) is 0.680. The van der Waals surface area contributed by atoms with Crippen LogP contribution in [0, 0.1) is 5.92 Å². The lowest BCUT2D eigenvalue weighted by molar-refractivity contribution is 0.0896. The highest BCUT2D eigenvalue weighted by Gasteiger charge is 2.30. The number of rotatable bonds is 3. The maximum Gasteiger partial charge on any atom is 0.317 e. The Labute approximate surface area is 95.6 Å². The van der Waals surface area contributed by atoms with Crippen LogP contribution in [0.1, 0.15) is 19.3 Å². The molecule has 16 heavy (non-hydrogen) atoms. The fraction of sp³-hybridized carbons (Fsp3) is 0.909. The largest absolute Gasteiger partial charge is 0.338 e. The topological polar surface area (TPSA) is 44.4 Å². The van der Waals surface area contributed by atoms with Gasteiger partial charge in [-0.3, -0.25) is 0 Å². The van der Waals surface area contributed by atoms with E-state index in [0.29, 0.717) is 12.5 Å². The number of alkyl halides is 1. The van der Waals surface area contributed by atoms with E-state index < -0.39 is 6.17 Å². The molecule has 1 atom stereocenters. The van der Waals surface area contributed by atoms with Crippen molar-refractivity contribution in [2.24, 2.45) is 5.92 Å². The molecule has 92 valence electrons. The Morgan fingerprint density at radius 2 is 2.31 bits per heavy atom. The first-order valence-corrected chi connectivity index (χ1v) is 6.13. The fourth-order valence-electron chi connectivity index (χ4n) is 2.26. The average molecular weight is 229 g/mol. The first-order chi connectivity index (χ1) is 7.75. The van der Waals surface area contributed by atoms with Gasteiger partial charge in [0.25, 0.3) is 0 Å². The van der Waals surface area contributed by atoms with Gasteiger partial charge in [-0.05, 0) is 38.3 Å². The number of hydrogen-bond acceptors (Lipinski definition) is 2. The second kappa shape index (κ2) is 5.48. The number of nitrogens with one attached hydrogen (secondary N) is 2. The highest BCUT2D eigenvalue weighted by molar-refractivity contribution is 5.75. The fourth-order valence-corrected chi connectivity index (χ4v) is 2.26. The number of carbonyl (C=O) groups is 1. The van der Waals surface area contributed by atoms with Crippen molar-refractivity contribution in [3.63, 3.8) is 0 Å². The van der Waals surface area contributed by atoms with Crippen LogP contribution in [0.3, 0.4) is 0 Å². The molecule has 0 aromatic carbocycles. The van der Waals surface area contributed by atoms with Crippen LogP contribution < -0.4 is 10.6 Å². The molecule has 2 aliphatic rings. The molecule has 0 aromatic heterocycles. The number of nitrogens with zero attached hydrogens (tertiary/aromatic N) is 1. The van der Waals surface area contributed by atoms with E-state index in [-0.39, 0.29) is 19.1 Å². The van der Waals surface area contributed by atoms with Crippen molar-refractivity contribution in [1.29, 1.82) is 0 Å². The molecule has 0 spiro atoms. The summed E-state index contributed by atoms with van der Waals surface area (Å²) in [6.45, 7) is 3.41. The number of likely N-dealkylation sites (tertiary alicyclic amines) is 1. The molecule has 1 unspecified atom stereocenters. The minimum absolute atomic E-state index is 0.113. The predicted octanol–water partition coefficient (Wildman–Crippen LogP) is 0.739. The van der Waals surface area contributed by atoms with Crippen LogP contribution in [0.25, 0.3) is 0 Å². The smallest absolute Gasteiger partial charge is 0.317 e. The van der Waals surface area contributed by atoms with Gasteiger partial charge in [-0.15, -0.1) is 0 Å². The molecule has 0 radical (unpaired) electrons.